The first-order valence-electron chi connectivity index (χ1n) is 9.28. The van der Waals surface area contributed by atoms with Crippen molar-refractivity contribution in [1.82, 2.24) is 4.40 Å². The number of ether oxygens (including phenoxy) is 1. The Morgan fingerprint density at radius 3 is 2.61 bits per heavy atom. The molecule has 1 aromatic carbocycles. The average molecular weight is 406 g/mol. The number of thiazole rings is 1. The highest BCUT2D eigenvalue weighted by Crippen LogP contribution is 2.35. The molecule has 0 spiro atoms. The Morgan fingerprint density at radius 2 is 2.00 bits per heavy atom. The zero-order valence-corrected chi connectivity index (χ0v) is 16.9. The molecule has 0 atom stereocenters. The number of carbonyl (C=O) groups is 1. The smallest absolute Gasteiger partial charge is 0.342 e. The quantitative estimate of drug-likeness (QED) is 0.706. The number of aromatic nitrogens is 1. The zero-order valence-electron chi connectivity index (χ0n) is 16.1. The van der Waals surface area contributed by atoms with Crippen molar-refractivity contribution in [2.24, 2.45) is 0 Å². The summed E-state index contributed by atoms with van der Waals surface area (Å²) in [5.74, 6) is -1.83. The maximum absolute atomic E-state index is 15.0. The van der Waals surface area contributed by atoms with E-state index in [2.05, 4.69) is 0 Å². The largest absolute Gasteiger partial charge is 0.477 e. The molecule has 150 valence electrons. The zero-order chi connectivity index (χ0) is 20.4. The summed E-state index contributed by atoms with van der Waals surface area (Å²) in [7, 11) is 1.52. The van der Waals surface area contributed by atoms with Gasteiger partial charge in [0.05, 0.1) is 23.2 Å². The normalized spacial score (nSPS) is 13.8. The number of rotatable bonds is 4. The van der Waals surface area contributed by atoms with Crippen LogP contribution < -0.4 is 10.3 Å². The number of nitrogens with zero attached hydrogens (tertiary/aromatic N) is 2. The minimum Gasteiger partial charge on any atom is -0.477 e. The van der Waals surface area contributed by atoms with Crippen LogP contribution in [0.3, 0.4) is 0 Å². The number of carboxylic acid groups (broad SMARTS) is 1. The van der Waals surface area contributed by atoms with Gasteiger partial charge in [0, 0.05) is 37.3 Å². The van der Waals surface area contributed by atoms with Gasteiger partial charge in [0.25, 0.3) is 0 Å². The van der Waals surface area contributed by atoms with Crippen molar-refractivity contribution in [3.05, 3.63) is 44.8 Å². The van der Waals surface area contributed by atoms with Crippen molar-refractivity contribution in [3.8, 4) is 0 Å². The molecule has 1 aliphatic heterocycles. The Balaban J connectivity index is 0.00000109. The molecule has 1 fully saturated rings. The van der Waals surface area contributed by atoms with Gasteiger partial charge in [-0.25, -0.2) is 9.18 Å². The number of methoxy groups -OCH3 is 1. The second kappa shape index (κ2) is 8.28. The second-order valence-corrected chi connectivity index (χ2v) is 7.19. The van der Waals surface area contributed by atoms with E-state index in [1.165, 1.54) is 24.5 Å². The van der Waals surface area contributed by atoms with Crippen molar-refractivity contribution < 1.29 is 19.0 Å². The minimum atomic E-state index is -1.31. The van der Waals surface area contributed by atoms with Crippen LogP contribution in [0.25, 0.3) is 15.7 Å². The maximum Gasteiger partial charge on any atom is 0.342 e. The first-order chi connectivity index (χ1) is 13.5. The molecule has 0 bridgehead atoms. The molecular formula is C20H23FN2O4S. The molecule has 0 unspecified atom stereocenters. The Labute approximate surface area is 165 Å². The molecule has 0 radical (unpaired) electrons. The number of hydrogen-bond acceptors (Lipinski definition) is 5. The van der Waals surface area contributed by atoms with Crippen LogP contribution in [-0.4, -0.2) is 35.7 Å². The Kier molecular flexibility index (Phi) is 6.00. The van der Waals surface area contributed by atoms with E-state index in [0.717, 1.165) is 25.9 Å². The fourth-order valence-corrected chi connectivity index (χ4v) is 4.63. The number of fused-ring (bicyclic) bond motifs is 3. The Morgan fingerprint density at radius 1 is 1.32 bits per heavy atom. The molecular weight excluding hydrogens is 383 g/mol. The van der Waals surface area contributed by atoms with Crippen LogP contribution in [-0.2, 0) is 11.3 Å². The van der Waals surface area contributed by atoms with Crippen LogP contribution >= 0.6 is 11.3 Å². The molecule has 3 aromatic rings. The number of anilines is 1. The SMILES string of the molecule is CC.COCc1c(N2CCCC2)c(F)cc2c(=O)c(C(=O)O)c3sccn3c12. The second-order valence-electron chi connectivity index (χ2n) is 6.30. The van der Waals surface area contributed by atoms with Gasteiger partial charge in [0.1, 0.15) is 16.2 Å². The summed E-state index contributed by atoms with van der Waals surface area (Å²) < 4.78 is 22.0. The first-order valence-corrected chi connectivity index (χ1v) is 10.2. The molecule has 2 aromatic heterocycles. The summed E-state index contributed by atoms with van der Waals surface area (Å²) in [5, 5.41) is 11.3. The van der Waals surface area contributed by atoms with E-state index in [-0.39, 0.29) is 17.6 Å². The van der Waals surface area contributed by atoms with E-state index in [9.17, 15) is 14.7 Å². The van der Waals surface area contributed by atoms with Gasteiger partial charge in [0.2, 0.25) is 5.43 Å². The van der Waals surface area contributed by atoms with Gasteiger partial charge in [-0.05, 0) is 18.9 Å². The van der Waals surface area contributed by atoms with Gasteiger partial charge in [-0.15, -0.1) is 11.3 Å². The highest BCUT2D eigenvalue weighted by atomic mass is 32.1. The third-order valence-corrected chi connectivity index (χ3v) is 5.67. The van der Waals surface area contributed by atoms with E-state index in [1.54, 1.807) is 16.0 Å². The Hall–Kier alpha value is -2.45. The van der Waals surface area contributed by atoms with E-state index in [1.807, 2.05) is 18.7 Å². The summed E-state index contributed by atoms with van der Waals surface area (Å²) in [5.41, 5.74) is 0.538. The maximum atomic E-state index is 15.0. The van der Waals surface area contributed by atoms with Crippen molar-refractivity contribution in [1.29, 1.82) is 0 Å². The molecule has 0 saturated carbocycles. The fourth-order valence-electron chi connectivity index (χ4n) is 3.75. The van der Waals surface area contributed by atoms with Gasteiger partial charge in [-0.2, -0.15) is 0 Å². The van der Waals surface area contributed by atoms with Crippen molar-refractivity contribution in [3.63, 3.8) is 0 Å². The van der Waals surface area contributed by atoms with Gasteiger partial charge >= 0.3 is 5.97 Å². The fraction of sp³-hybridized carbons (Fsp3) is 0.400. The van der Waals surface area contributed by atoms with Gasteiger partial charge in [0.15, 0.2) is 0 Å². The molecule has 6 nitrogen and oxygen atoms in total. The third kappa shape index (κ3) is 3.16. The molecule has 8 heteroatoms. The summed E-state index contributed by atoms with van der Waals surface area (Å²) in [4.78, 5) is 26.7. The van der Waals surface area contributed by atoms with Gasteiger partial charge < -0.3 is 19.1 Å². The molecule has 3 heterocycles. The number of benzene rings is 1. The van der Waals surface area contributed by atoms with E-state index < -0.39 is 17.2 Å². The standard InChI is InChI=1S/C18H17FN2O4S.C2H6/c1-25-9-11-14-10(8-12(19)15(11)20-4-2-3-5-20)16(22)13(18(23)24)17-21(14)6-7-26-17;1-2/h6-8H,2-5,9H2,1H3,(H,23,24);1-2H3. The predicted molar refractivity (Wildman–Crippen MR) is 109 cm³/mol. The number of hydrogen-bond donors (Lipinski definition) is 1. The van der Waals surface area contributed by atoms with E-state index in [0.29, 0.717) is 21.6 Å². The number of aromatic carboxylic acids is 1. The highest BCUT2D eigenvalue weighted by Gasteiger charge is 2.27. The molecule has 0 aliphatic carbocycles. The molecule has 1 N–H and O–H groups in total. The number of halogens is 1. The van der Waals surface area contributed by atoms with Crippen molar-refractivity contribution >= 4 is 38.7 Å². The highest BCUT2D eigenvalue weighted by molar-refractivity contribution is 7.16. The minimum absolute atomic E-state index is 0.0609. The lowest BCUT2D eigenvalue weighted by Crippen LogP contribution is -2.23. The van der Waals surface area contributed by atoms with Crippen molar-refractivity contribution in [2.75, 3.05) is 25.1 Å². The van der Waals surface area contributed by atoms with Crippen LogP contribution in [0.5, 0.6) is 0 Å². The van der Waals surface area contributed by atoms with E-state index in [4.69, 9.17) is 4.74 Å². The Bertz CT molecular complexity index is 1080. The van der Waals surface area contributed by atoms with Crippen LogP contribution in [0.2, 0.25) is 0 Å². The lowest BCUT2D eigenvalue weighted by Gasteiger charge is -2.24. The van der Waals surface area contributed by atoms with Gasteiger partial charge in [-0.1, -0.05) is 13.8 Å². The third-order valence-electron chi connectivity index (χ3n) is 4.78. The summed E-state index contributed by atoms with van der Waals surface area (Å²) in [6.45, 7) is 5.62. The molecule has 0 amide bonds. The number of carboxylic acids is 1. The van der Waals surface area contributed by atoms with Crippen LogP contribution in [0.1, 0.15) is 42.6 Å². The molecule has 4 rings (SSSR count). The monoisotopic (exact) mass is 406 g/mol. The van der Waals surface area contributed by atoms with Crippen LogP contribution in [0.4, 0.5) is 10.1 Å². The number of pyridine rings is 1. The predicted octanol–water partition coefficient (Wildman–Crippen LogP) is 4.12. The molecule has 28 heavy (non-hydrogen) atoms. The van der Waals surface area contributed by atoms with E-state index >= 15 is 4.39 Å². The lowest BCUT2D eigenvalue weighted by molar-refractivity contribution is 0.0697. The first kappa shape index (κ1) is 20.3. The lowest BCUT2D eigenvalue weighted by atomic mass is 10.0. The van der Waals surface area contributed by atoms with Gasteiger partial charge in [-0.3, -0.25) is 4.79 Å². The van der Waals surface area contributed by atoms with Crippen molar-refractivity contribution in [2.45, 2.75) is 33.3 Å². The topological polar surface area (TPSA) is 71.2 Å². The van der Waals surface area contributed by atoms with Crippen LogP contribution in [0, 0.1) is 5.82 Å². The summed E-state index contributed by atoms with van der Waals surface area (Å²) in [6, 6.07) is 1.17. The average Bonchev–Trinajstić information content (AvgIpc) is 3.35. The summed E-state index contributed by atoms with van der Waals surface area (Å²) in [6.07, 6.45) is 3.67. The molecule has 1 aliphatic rings. The van der Waals surface area contributed by atoms with Crippen LogP contribution in [0.15, 0.2) is 22.4 Å². The molecule has 1 saturated heterocycles. The summed E-state index contributed by atoms with van der Waals surface area (Å²) >= 11 is 1.17.